The fourth-order valence-electron chi connectivity index (χ4n) is 1.81. The second kappa shape index (κ2) is 5.97. The summed E-state index contributed by atoms with van der Waals surface area (Å²) in [4.78, 5) is 13.0. The first-order chi connectivity index (χ1) is 9.11. The van der Waals surface area contributed by atoms with E-state index in [4.69, 9.17) is 11.6 Å². The third kappa shape index (κ3) is 3.20. The van der Waals surface area contributed by atoms with Gasteiger partial charge < -0.3 is 5.32 Å². The first-order valence-corrected chi connectivity index (χ1v) is 6.67. The Hall–Kier alpha value is -1.68. The number of hydrogen-bond donors (Lipinski definition) is 1. The van der Waals surface area contributed by atoms with Crippen LogP contribution in [-0.4, -0.2) is 15.0 Å². The Bertz CT molecular complexity index is 584. The van der Waals surface area contributed by atoms with Gasteiger partial charge in [-0.3, -0.25) is 4.98 Å². The maximum atomic E-state index is 6.08. The van der Waals surface area contributed by atoms with E-state index in [1.54, 1.807) is 6.20 Å². The highest BCUT2D eigenvalue weighted by Gasteiger charge is 2.08. The summed E-state index contributed by atoms with van der Waals surface area (Å²) in [7, 11) is 0. The number of anilines is 1. The number of nitrogens with one attached hydrogen (secondary N) is 1. The van der Waals surface area contributed by atoms with Gasteiger partial charge in [0.25, 0.3) is 0 Å². The number of pyridine rings is 1. The normalized spacial score (nSPS) is 10.5. The summed E-state index contributed by atoms with van der Waals surface area (Å²) in [6.45, 7) is 6.53. The quantitative estimate of drug-likeness (QED) is 0.931. The molecule has 5 heteroatoms. The van der Waals surface area contributed by atoms with E-state index in [0.29, 0.717) is 17.5 Å². The largest absolute Gasteiger partial charge is 0.362 e. The molecule has 0 bridgehead atoms. The van der Waals surface area contributed by atoms with Crippen LogP contribution in [0, 0.1) is 13.8 Å². The number of aryl methyl sites for hydroxylation is 3. The van der Waals surface area contributed by atoms with Crippen LogP contribution in [0.1, 0.15) is 29.6 Å². The zero-order valence-electron chi connectivity index (χ0n) is 11.4. The van der Waals surface area contributed by atoms with E-state index in [2.05, 4.69) is 33.3 Å². The highest BCUT2D eigenvalue weighted by atomic mass is 35.5. The van der Waals surface area contributed by atoms with Crippen LogP contribution in [-0.2, 0) is 13.0 Å². The van der Waals surface area contributed by atoms with Crippen molar-refractivity contribution < 1.29 is 0 Å². The lowest BCUT2D eigenvalue weighted by molar-refractivity contribution is 0.951. The highest BCUT2D eigenvalue weighted by molar-refractivity contribution is 6.31. The van der Waals surface area contributed by atoms with E-state index in [1.807, 2.05) is 19.9 Å². The average Bonchev–Trinajstić information content (AvgIpc) is 2.41. The summed E-state index contributed by atoms with van der Waals surface area (Å²) in [5.74, 6) is 0.609. The van der Waals surface area contributed by atoms with Crippen LogP contribution in [0.3, 0.4) is 0 Å². The Morgan fingerprint density at radius 3 is 2.68 bits per heavy atom. The molecule has 2 rings (SSSR count). The molecule has 0 aromatic carbocycles. The molecule has 0 amide bonds. The van der Waals surface area contributed by atoms with Crippen molar-refractivity contribution >= 4 is 17.4 Å². The molecule has 0 unspecified atom stereocenters. The van der Waals surface area contributed by atoms with Gasteiger partial charge in [0.1, 0.15) is 0 Å². The van der Waals surface area contributed by atoms with Crippen LogP contribution in [0.5, 0.6) is 0 Å². The molecule has 0 atom stereocenters. The molecule has 2 heterocycles. The molecule has 0 fully saturated rings. The Labute approximate surface area is 118 Å². The molecule has 0 aliphatic carbocycles. The van der Waals surface area contributed by atoms with Crippen LogP contribution in [0.4, 0.5) is 5.82 Å². The van der Waals surface area contributed by atoms with Gasteiger partial charge in [-0.1, -0.05) is 24.6 Å². The molecule has 0 aliphatic heterocycles. The third-order valence-corrected chi connectivity index (χ3v) is 3.32. The molecule has 19 heavy (non-hydrogen) atoms. The summed E-state index contributed by atoms with van der Waals surface area (Å²) < 4.78 is 0. The van der Waals surface area contributed by atoms with Crippen molar-refractivity contribution in [3.05, 3.63) is 46.1 Å². The van der Waals surface area contributed by atoms with Crippen molar-refractivity contribution in [2.24, 2.45) is 0 Å². The molecule has 0 spiro atoms. The SMILES string of the molecule is CCc1cccnc1CNc1nc(C)c(C)nc1Cl. The number of nitrogens with zero attached hydrogens (tertiary/aromatic N) is 3. The molecular weight excluding hydrogens is 260 g/mol. The monoisotopic (exact) mass is 276 g/mol. The topological polar surface area (TPSA) is 50.7 Å². The average molecular weight is 277 g/mol. The van der Waals surface area contributed by atoms with Gasteiger partial charge in [0.05, 0.1) is 23.6 Å². The first-order valence-electron chi connectivity index (χ1n) is 6.29. The van der Waals surface area contributed by atoms with Crippen molar-refractivity contribution in [3.63, 3.8) is 0 Å². The Balaban J connectivity index is 2.17. The second-order valence-electron chi connectivity index (χ2n) is 4.35. The summed E-state index contributed by atoms with van der Waals surface area (Å²) in [6.07, 6.45) is 2.75. The van der Waals surface area contributed by atoms with Gasteiger partial charge >= 0.3 is 0 Å². The number of halogens is 1. The number of hydrogen-bond acceptors (Lipinski definition) is 4. The van der Waals surface area contributed by atoms with Gasteiger partial charge in [-0.15, -0.1) is 0 Å². The maximum absolute atomic E-state index is 6.08. The molecule has 1 N–H and O–H groups in total. The van der Waals surface area contributed by atoms with Crippen LogP contribution in [0.15, 0.2) is 18.3 Å². The van der Waals surface area contributed by atoms with Crippen LogP contribution in [0.25, 0.3) is 0 Å². The predicted octanol–water partition coefficient (Wildman–Crippen LogP) is 3.32. The van der Waals surface area contributed by atoms with Gasteiger partial charge in [0.2, 0.25) is 0 Å². The molecule has 0 aliphatic rings. The lowest BCUT2D eigenvalue weighted by Crippen LogP contribution is -2.08. The van der Waals surface area contributed by atoms with Crippen LogP contribution >= 0.6 is 11.6 Å². The minimum Gasteiger partial charge on any atom is -0.362 e. The fourth-order valence-corrected chi connectivity index (χ4v) is 2.04. The third-order valence-electron chi connectivity index (χ3n) is 3.05. The minimum atomic E-state index is 0.400. The Kier molecular flexibility index (Phi) is 4.32. The Morgan fingerprint density at radius 1 is 1.21 bits per heavy atom. The smallest absolute Gasteiger partial charge is 0.171 e. The van der Waals surface area contributed by atoms with Gasteiger partial charge in [0, 0.05) is 6.20 Å². The fraction of sp³-hybridized carbons (Fsp3) is 0.357. The summed E-state index contributed by atoms with van der Waals surface area (Å²) in [6, 6.07) is 4.03. The van der Waals surface area contributed by atoms with Crippen molar-refractivity contribution in [3.8, 4) is 0 Å². The predicted molar refractivity (Wildman–Crippen MR) is 77.5 cm³/mol. The zero-order valence-corrected chi connectivity index (χ0v) is 12.1. The molecule has 0 radical (unpaired) electrons. The summed E-state index contributed by atoms with van der Waals surface area (Å²) in [5, 5.41) is 3.60. The van der Waals surface area contributed by atoms with Crippen molar-refractivity contribution in [1.82, 2.24) is 15.0 Å². The van der Waals surface area contributed by atoms with E-state index in [0.717, 1.165) is 23.5 Å². The second-order valence-corrected chi connectivity index (χ2v) is 4.71. The van der Waals surface area contributed by atoms with E-state index in [-0.39, 0.29) is 0 Å². The molecule has 0 saturated heterocycles. The van der Waals surface area contributed by atoms with Crippen molar-refractivity contribution in [1.29, 1.82) is 0 Å². The van der Waals surface area contributed by atoms with Gasteiger partial charge in [-0.2, -0.15) is 0 Å². The Morgan fingerprint density at radius 2 is 1.95 bits per heavy atom. The highest BCUT2D eigenvalue weighted by Crippen LogP contribution is 2.19. The van der Waals surface area contributed by atoms with Crippen LogP contribution < -0.4 is 5.32 Å². The van der Waals surface area contributed by atoms with Crippen molar-refractivity contribution in [2.75, 3.05) is 5.32 Å². The van der Waals surface area contributed by atoms with Gasteiger partial charge in [-0.25, -0.2) is 9.97 Å². The van der Waals surface area contributed by atoms with Crippen LogP contribution in [0.2, 0.25) is 5.15 Å². The van der Waals surface area contributed by atoms with E-state index >= 15 is 0 Å². The molecular formula is C14H17ClN4. The minimum absolute atomic E-state index is 0.400. The molecule has 2 aromatic heterocycles. The van der Waals surface area contributed by atoms with Gasteiger partial charge in [0.15, 0.2) is 11.0 Å². The summed E-state index contributed by atoms with van der Waals surface area (Å²) in [5.41, 5.74) is 3.97. The lowest BCUT2D eigenvalue weighted by Gasteiger charge is -2.10. The van der Waals surface area contributed by atoms with E-state index in [9.17, 15) is 0 Å². The number of aromatic nitrogens is 3. The summed E-state index contributed by atoms with van der Waals surface area (Å²) >= 11 is 6.08. The maximum Gasteiger partial charge on any atom is 0.171 e. The molecule has 100 valence electrons. The van der Waals surface area contributed by atoms with E-state index < -0.39 is 0 Å². The molecule has 2 aromatic rings. The number of rotatable bonds is 4. The first kappa shape index (κ1) is 13.7. The van der Waals surface area contributed by atoms with Crippen molar-refractivity contribution in [2.45, 2.75) is 33.7 Å². The zero-order chi connectivity index (χ0) is 13.8. The van der Waals surface area contributed by atoms with Gasteiger partial charge in [-0.05, 0) is 31.9 Å². The lowest BCUT2D eigenvalue weighted by atomic mass is 10.1. The molecule has 4 nitrogen and oxygen atoms in total. The standard InChI is InChI=1S/C14H17ClN4/c1-4-11-6-5-7-16-12(11)8-17-14-13(15)18-9(2)10(3)19-14/h5-7H,4,8H2,1-3H3,(H,17,19). The van der Waals surface area contributed by atoms with E-state index in [1.165, 1.54) is 5.56 Å². The molecule has 0 saturated carbocycles.